The minimum Gasteiger partial charge on any atom is -0.508 e. The maximum Gasteiger partial charge on any atom is 0.245 e. The topological polar surface area (TPSA) is 177 Å². The number of nitrogens with two attached hydrogens (primary N) is 2. The molecule has 0 radical (unpaired) electrons. The first kappa shape index (κ1) is 30.2. The van der Waals surface area contributed by atoms with Crippen molar-refractivity contribution in [1.29, 1.82) is 0 Å². The van der Waals surface area contributed by atoms with Crippen LogP contribution in [0, 0.1) is 0 Å². The van der Waals surface area contributed by atoms with E-state index in [2.05, 4.69) is 10.6 Å². The van der Waals surface area contributed by atoms with E-state index in [1.165, 1.54) is 17.0 Å². The van der Waals surface area contributed by atoms with Crippen LogP contribution in [0.15, 0.2) is 84.9 Å². The number of amides is 4. The van der Waals surface area contributed by atoms with Crippen molar-refractivity contribution in [3.05, 3.63) is 102 Å². The van der Waals surface area contributed by atoms with Gasteiger partial charge in [0.05, 0.1) is 12.6 Å². The van der Waals surface area contributed by atoms with E-state index in [0.29, 0.717) is 0 Å². The fourth-order valence-electron chi connectivity index (χ4n) is 4.74. The first-order chi connectivity index (χ1) is 20.2. The summed E-state index contributed by atoms with van der Waals surface area (Å²) in [7, 11) is 0. The molecule has 1 aliphatic rings. The molecule has 11 nitrogen and oxygen atoms in total. The molecule has 220 valence electrons. The summed E-state index contributed by atoms with van der Waals surface area (Å²) in [4.78, 5) is 53.6. The lowest BCUT2D eigenvalue weighted by Crippen LogP contribution is -2.58. The Morgan fingerprint density at radius 2 is 1.36 bits per heavy atom. The molecule has 4 amide bonds. The molecule has 0 saturated carbocycles. The first-order valence-corrected chi connectivity index (χ1v) is 13.6. The van der Waals surface area contributed by atoms with E-state index < -0.39 is 47.8 Å². The van der Waals surface area contributed by atoms with Gasteiger partial charge in [-0.05, 0) is 35.2 Å². The van der Waals surface area contributed by atoms with Crippen molar-refractivity contribution in [2.75, 3.05) is 13.3 Å². The van der Waals surface area contributed by atoms with E-state index >= 15 is 0 Å². The zero-order chi connectivity index (χ0) is 30.1. The number of ether oxygens (including phenoxy) is 1. The largest absolute Gasteiger partial charge is 0.508 e. The summed E-state index contributed by atoms with van der Waals surface area (Å²) in [6, 6.07) is 20.5. The van der Waals surface area contributed by atoms with Crippen molar-refractivity contribution in [1.82, 2.24) is 15.5 Å². The van der Waals surface area contributed by atoms with E-state index in [1.54, 1.807) is 12.1 Å². The number of hydrogen-bond donors (Lipinski definition) is 5. The van der Waals surface area contributed by atoms with Crippen molar-refractivity contribution in [2.45, 2.75) is 43.4 Å². The normalized spacial score (nSPS) is 16.7. The summed E-state index contributed by atoms with van der Waals surface area (Å²) in [5.41, 5.74) is 14.1. The van der Waals surface area contributed by atoms with Crippen LogP contribution in [-0.4, -0.2) is 71.1 Å². The van der Waals surface area contributed by atoms with Crippen molar-refractivity contribution in [3.63, 3.8) is 0 Å². The summed E-state index contributed by atoms with van der Waals surface area (Å²) in [5.74, 6) is -2.28. The number of rotatable bonds is 12. The second-order valence-electron chi connectivity index (χ2n) is 10.2. The van der Waals surface area contributed by atoms with Crippen molar-refractivity contribution < 1.29 is 29.0 Å². The fourth-order valence-corrected chi connectivity index (χ4v) is 4.74. The molecule has 7 N–H and O–H groups in total. The molecule has 1 aliphatic heterocycles. The standard InChI is InChI=1S/C31H35N5O6/c32-24(15-22-11-13-23(37)14-12-22)31(41)36-19-42-18-27(36)30(40)35-26(17-21-9-5-2-6-10-21)29(39)34-25(28(33)38)16-20-7-3-1-4-8-20/h1-14,24-27,37H,15-19,32H2,(H2,33,38)(H,34,39)(H,35,40)/t24-,25+,26+,27?/m0/s1. The van der Waals surface area contributed by atoms with Gasteiger partial charge in [-0.2, -0.15) is 0 Å². The zero-order valence-electron chi connectivity index (χ0n) is 23.0. The molecule has 42 heavy (non-hydrogen) atoms. The predicted octanol–water partition coefficient (Wildman–Crippen LogP) is 0.387. The zero-order valence-corrected chi connectivity index (χ0v) is 23.0. The molecule has 0 bridgehead atoms. The number of primary amides is 1. The summed E-state index contributed by atoms with van der Waals surface area (Å²) in [6.07, 6.45) is 0.515. The Balaban J connectivity index is 1.46. The minimum atomic E-state index is -1.07. The highest BCUT2D eigenvalue weighted by atomic mass is 16.5. The molecule has 1 saturated heterocycles. The van der Waals surface area contributed by atoms with Gasteiger partial charge in [-0.1, -0.05) is 72.8 Å². The second-order valence-corrected chi connectivity index (χ2v) is 10.2. The van der Waals surface area contributed by atoms with Crippen molar-refractivity contribution in [2.24, 2.45) is 11.5 Å². The Bertz CT molecular complexity index is 1370. The number of hydrogen-bond acceptors (Lipinski definition) is 7. The van der Waals surface area contributed by atoms with E-state index in [-0.39, 0.29) is 38.3 Å². The molecule has 3 aromatic carbocycles. The second kappa shape index (κ2) is 14.2. The van der Waals surface area contributed by atoms with Crippen LogP contribution in [0.25, 0.3) is 0 Å². The molecule has 4 atom stereocenters. The molecular weight excluding hydrogens is 538 g/mol. The van der Waals surface area contributed by atoms with Gasteiger partial charge >= 0.3 is 0 Å². The predicted molar refractivity (Wildman–Crippen MR) is 155 cm³/mol. The van der Waals surface area contributed by atoms with Gasteiger partial charge in [-0.3, -0.25) is 19.2 Å². The highest BCUT2D eigenvalue weighted by Gasteiger charge is 2.39. The van der Waals surface area contributed by atoms with E-state index in [4.69, 9.17) is 16.2 Å². The van der Waals surface area contributed by atoms with Crippen LogP contribution in [0.2, 0.25) is 0 Å². The Morgan fingerprint density at radius 3 is 1.93 bits per heavy atom. The number of carbonyl (C=O) groups excluding carboxylic acids is 4. The number of phenols is 1. The number of phenolic OH excluding ortho intramolecular Hbond substituents is 1. The van der Waals surface area contributed by atoms with Crippen LogP contribution in [0.3, 0.4) is 0 Å². The van der Waals surface area contributed by atoms with Gasteiger partial charge in [0.2, 0.25) is 23.6 Å². The lowest BCUT2D eigenvalue weighted by Gasteiger charge is -2.27. The van der Waals surface area contributed by atoms with Crippen LogP contribution in [0.4, 0.5) is 0 Å². The van der Waals surface area contributed by atoms with Gasteiger partial charge in [0.1, 0.15) is 30.6 Å². The molecule has 0 aromatic heterocycles. The lowest BCUT2D eigenvalue weighted by molar-refractivity contribution is -0.140. The number of benzene rings is 3. The van der Waals surface area contributed by atoms with Crippen LogP contribution in [0.1, 0.15) is 16.7 Å². The molecule has 3 aromatic rings. The Hall–Kier alpha value is -4.74. The van der Waals surface area contributed by atoms with Gasteiger partial charge in [-0.15, -0.1) is 0 Å². The molecular formula is C31H35N5O6. The van der Waals surface area contributed by atoms with Crippen LogP contribution >= 0.6 is 0 Å². The first-order valence-electron chi connectivity index (χ1n) is 13.6. The van der Waals surface area contributed by atoms with Gasteiger partial charge in [0, 0.05) is 12.8 Å². The molecule has 0 aliphatic carbocycles. The highest BCUT2D eigenvalue weighted by molar-refractivity contribution is 5.95. The monoisotopic (exact) mass is 573 g/mol. The van der Waals surface area contributed by atoms with Gasteiger partial charge in [-0.25, -0.2) is 0 Å². The number of nitrogens with zero attached hydrogens (tertiary/aromatic N) is 1. The number of carbonyl (C=O) groups is 4. The van der Waals surface area contributed by atoms with E-state index in [1.807, 2.05) is 60.7 Å². The molecule has 1 unspecified atom stereocenters. The summed E-state index contributed by atoms with van der Waals surface area (Å²) < 4.78 is 5.44. The highest BCUT2D eigenvalue weighted by Crippen LogP contribution is 2.16. The summed E-state index contributed by atoms with van der Waals surface area (Å²) in [6.45, 7) is -0.197. The van der Waals surface area contributed by atoms with E-state index in [9.17, 15) is 24.3 Å². The molecule has 11 heteroatoms. The third kappa shape index (κ3) is 8.15. The quantitative estimate of drug-likeness (QED) is 0.208. The van der Waals surface area contributed by atoms with E-state index in [0.717, 1.165) is 16.7 Å². The average Bonchev–Trinajstić information content (AvgIpc) is 3.48. The van der Waals surface area contributed by atoms with Crippen LogP contribution < -0.4 is 22.1 Å². The summed E-state index contributed by atoms with van der Waals surface area (Å²) >= 11 is 0. The van der Waals surface area contributed by atoms with Crippen molar-refractivity contribution in [3.8, 4) is 5.75 Å². The van der Waals surface area contributed by atoms with Crippen LogP contribution in [0.5, 0.6) is 5.75 Å². The summed E-state index contributed by atoms with van der Waals surface area (Å²) in [5, 5.41) is 14.9. The molecule has 1 heterocycles. The lowest BCUT2D eigenvalue weighted by atomic mass is 10.0. The smallest absolute Gasteiger partial charge is 0.245 e. The van der Waals surface area contributed by atoms with Crippen LogP contribution in [-0.2, 0) is 43.2 Å². The third-order valence-electron chi connectivity index (χ3n) is 7.04. The van der Waals surface area contributed by atoms with Gasteiger partial charge in [0.25, 0.3) is 0 Å². The molecule has 0 spiro atoms. The fraction of sp³-hybridized carbons (Fsp3) is 0.290. The SMILES string of the molecule is NC(=O)[C@@H](Cc1ccccc1)NC(=O)[C@@H](Cc1ccccc1)NC(=O)C1COCN1C(=O)[C@@H](N)Cc1ccc(O)cc1. The maximum atomic E-state index is 13.5. The Morgan fingerprint density at radius 1 is 0.810 bits per heavy atom. The van der Waals surface area contributed by atoms with Crippen molar-refractivity contribution >= 4 is 23.6 Å². The van der Waals surface area contributed by atoms with Gasteiger partial charge < -0.3 is 36.8 Å². The minimum absolute atomic E-state index is 0.0684. The molecule has 4 rings (SSSR count). The number of nitrogens with one attached hydrogen (secondary N) is 2. The Labute approximate surface area is 243 Å². The maximum absolute atomic E-state index is 13.5. The Kier molecular flexibility index (Phi) is 10.2. The number of aromatic hydroxyl groups is 1. The molecule has 1 fully saturated rings. The van der Waals surface area contributed by atoms with Gasteiger partial charge in [0.15, 0.2) is 0 Å². The third-order valence-corrected chi connectivity index (χ3v) is 7.04. The average molecular weight is 574 g/mol.